The van der Waals surface area contributed by atoms with Crippen LogP contribution in [0.2, 0.25) is 5.02 Å². The minimum atomic E-state index is -0.527. The van der Waals surface area contributed by atoms with Crippen molar-refractivity contribution in [3.05, 3.63) is 58.5 Å². The molecule has 1 atom stereocenters. The summed E-state index contributed by atoms with van der Waals surface area (Å²) in [6, 6.07) is 8.55. The summed E-state index contributed by atoms with van der Waals surface area (Å²) in [4.78, 5) is 24.4. The molecule has 1 saturated heterocycles. The lowest BCUT2D eigenvalue weighted by molar-refractivity contribution is -0.118. The average molecular weight is 376 g/mol. The molecule has 0 radical (unpaired) electrons. The lowest BCUT2D eigenvalue weighted by Crippen LogP contribution is -2.26. The summed E-state index contributed by atoms with van der Waals surface area (Å²) in [6.45, 7) is 1.83. The van der Waals surface area contributed by atoms with Gasteiger partial charge in [-0.05, 0) is 42.8 Å². The van der Waals surface area contributed by atoms with Gasteiger partial charge in [0.1, 0.15) is 5.76 Å². The van der Waals surface area contributed by atoms with Crippen LogP contribution in [0.1, 0.15) is 28.1 Å². The molecular weight excluding hydrogens is 362 g/mol. The van der Waals surface area contributed by atoms with Gasteiger partial charge in [-0.1, -0.05) is 23.4 Å². The van der Waals surface area contributed by atoms with E-state index in [0.29, 0.717) is 21.5 Å². The Kier molecular flexibility index (Phi) is 5.35. The van der Waals surface area contributed by atoms with E-state index in [1.807, 2.05) is 6.92 Å². The van der Waals surface area contributed by atoms with Crippen molar-refractivity contribution < 1.29 is 14.0 Å². The molecule has 1 aromatic carbocycles. The number of benzene rings is 1. The van der Waals surface area contributed by atoms with Crippen molar-refractivity contribution in [2.24, 2.45) is 10.2 Å². The second kappa shape index (κ2) is 7.67. The molecular formula is C17H14ClN3O3S. The molecule has 1 aliphatic rings. The van der Waals surface area contributed by atoms with Gasteiger partial charge in [0.05, 0.1) is 17.7 Å². The van der Waals surface area contributed by atoms with E-state index < -0.39 is 5.25 Å². The van der Waals surface area contributed by atoms with Gasteiger partial charge >= 0.3 is 0 Å². The van der Waals surface area contributed by atoms with Crippen LogP contribution in [0.4, 0.5) is 0 Å². The Hall–Kier alpha value is -2.38. The summed E-state index contributed by atoms with van der Waals surface area (Å²) in [5.41, 5.74) is 1.36. The number of hydrogen-bond acceptors (Lipinski definition) is 6. The Labute approximate surface area is 153 Å². The van der Waals surface area contributed by atoms with Gasteiger partial charge in [-0.15, -0.1) is 5.10 Å². The van der Waals surface area contributed by atoms with Crippen LogP contribution in [0.3, 0.4) is 0 Å². The first-order valence-corrected chi connectivity index (χ1v) is 8.70. The van der Waals surface area contributed by atoms with E-state index >= 15 is 0 Å². The Morgan fingerprint density at radius 1 is 1.44 bits per heavy atom. The number of carbonyl (C=O) groups excluding carboxylic acids is 2. The Morgan fingerprint density at radius 3 is 3.00 bits per heavy atom. The number of amides is 1. The summed E-state index contributed by atoms with van der Waals surface area (Å²) in [5.74, 6) is 0.187. The number of nitrogens with one attached hydrogen (secondary N) is 1. The molecule has 128 valence electrons. The van der Waals surface area contributed by atoms with Crippen LogP contribution in [0, 0.1) is 6.92 Å². The number of furan rings is 1. The number of carbonyl (C=O) groups is 2. The number of Topliss-reactive ketones (excluding diaryl/α,β-unsaturated/α-hetero) is 1. The Balaban J connectivity index is 1.62. The summed E-state index contributed by atoms with van der Waals surface area (Å²) in [5, 5.41) is 10.8. The predicted molar refractivity (Wildman–Crippen MR) is 98.4 cm³/mol. The maximum absolute atomic E-state index is 12.4. The lowest BCUT2D eigenvalue weighted by Gasteiger charge is -2.06. The topological polar surface area (TPSA) is 84.0 Å². The Bertz CT molecular complexity index is 862. The number of ketones is 1. The maximum atomic E-state index is 12.4. The van der Waals surface area contributed by atoms with Crippen molar-refractivity contribution in [2.75, 3.05) is 0 Å². The lowest BCUT2D eigenvalue weighted by atomic mass is 10.0. The zero-order chi connectivity index (χ0) is 17.8. The van der Waals surface area contributed by atoms with E-state index in [4.69, 9.17) is 16.0 Å². The van der Waals surface area contributed by atoms with Crippen LogP contribution in [0.25, 0.3) is 0 Å². The van der Waals surface area contributed by atoms with Crippen molar-refractivity contribution in [3.63, 3.8) is 0 Å². The fraction of sp³-hybridized carbons (Fsp3) is 0.176. The van der Waals surface area contributed by atoms with Crippen molar-refractivity contribution in [1.82, 2.24) is 5.32 Å². The van der Waals surface area contributed by atoms with E-state index in [2.05, 4.69) is 15.5 Å². The summed E-state index contributed by atoms with van der Waals surface area (Å²) < 4.78 is 5.09. The van der Waals surface area contributed by atoms with E-state index in [9.17, 15) is 9.59 Å². The van der Waals surface area contributed by atoms with Crippen LogP contribution in [0.15, 0.2) is 51.2 Å². The van der Waals surface area contributed by atoms with E-state index in [1.54, 1.807) is 30.3 Å². The largest absolute Gasteiger partial charge is 0.463 e. The normalized spacial score (nSPS) is 18.9. The van der Waals surface area contributed by atoms with Crippen molar-refractivity contribution in [3.8, 4) is 0 Å². The number of halogens is 1. The minimum Gasteiger partial charge on any atom is -0.463 e. The summed E-state index contributed by atoms with van der Waals surface area (Å²) in [6.07, 6.45) is 3.05. The average Bonchev–Trinajstić information content (AvgIpc) is 3.20. The molecule has 1 aromatic heterocycles. The summed E-state index contributed by atoms with van der Waals surface area (Å²) >= 11 is 7.15. The van der Waals surface area contributed by atoms with Gasteiger partial charge in [0, 0.05) is 17.0 Å². The molecule has 3 rings (SSSR count). The zero-order valence-corrected chi connectivity index (χ0v) is 14.8. The second-order valence-corrected chi connectivity index (χ2v) is 6.95. The minimum absolute atomic E-state index is 0.0818. The first kappa shape index (κ1) is 17.4. The molecule has 0 saturated carbocycles. The van der Waals surface area contributed by atoms with Crippen molar-refractivity contribution >= 4 is 46.4 Å². The highest BCUT2D eigenvalue weighted by atomic mass is 35.5. The molecule has 0 spiro atoms. The van der Waals surface area contributed by atoms with Crippen molar-refractivity contribution in [1.29, 1.82) is 0 Å². The molecule has 0 bridgehead atoms. The van der Waals surface area contributed by atoms with E-state index in [0.717, 1.165) is 5.56 Å². The summed E-state index contributed by atoms with van der Waals surface area (Å²) in [7, 11) is 0. The third-order valence-corrected chi connectivity index (χ3v) is 5.00. The molecule has 2 heterocycles. The first-order valence-electron chi connectivity index (χ1n) is 7.44. The zero-order valence-electron chi connectivity index (χ0n) is 13.2. The fourth-order valence-corrected chi connectivity index (χ4v) is 3.24. The van der Waals surface area contributed by atoms with Gasteiger partial charge in [0.2, 0.25) is 5.91 Å². The first-order chi connectivity index (χ1) is 12.0. The van der Waals surface area contributed by atoms with Gasteiger partial charge in [-0.2, -0.15) is 5.10 Å². The highest BCUT2D eigenvalue weighted by molar-refractivity contribution is 8.15. The van der Waals surface area contributed by atoms with Crippen molar-refractivity contribution in [2.45, 2.75) is 18.6 Å². The molecule has 1 aliphatic heterocycles. The third-order valence-electron chi connectivity index (χ3n) is 3.50. The molecule has 1 fully saturated rings. The SMILES string of the molecule is Cc1cc(C(=O)CC2S/C(=N/N=C/c3ccco3)NC2=O)ccc1Cl. The van der Waals surface area contributed by atoms with Gasteiger partial charge in [0.25, 0.3) is 0 Å². The van der Waals surface area contributed by atoms with Gasteiger partial charge in [-0.3, -0.25) is 9.59 Å². The maximum Gasteiger partial charge on any atom is 0.240 e. The molecule has 1 N–H and O–H groups in total. The highest BCUT2D eigenvalue weighted by Gasteiger charge is 2.32. The molecule has 6 nitrogen and oxygen atoms in total. The number of nitrogens with zero attached hydrogens (tertiary/aromatic N) is 2. The highest BCUT2D eigenvalue weighted by Crippen LogP contribution is 2.25. The molecule has 0 aliphatic carbocycles. The predicted octanol–water partition coefficient (Wildman–Crippen LogP) is 3.44. The smallest absolute Gasteiger partial charge is 0.240 e. The standard InChI is InChI=1S/C17H14ClN3O3S/c1-10-7-11(4-5-13(10)18)14(22)8-15-16(23)20-17(25-15)21-19-9-12-3-2-6-24-12/h2-7,9,15H,8H2,1H3,(H,20,21,23)/b19-9+. The van der Waals surface area contributed by atoms with Crippen LogP contribution in [-0.4, -0.2) is 28.3 Å². The van der Waals surface area contributed by atoms with E-state index in [1.165, 1.54) is 24.2 Å². The molecule has 1 unspecified atom stereocenters. The quantitative estimate of drug-likeness (QED) is 0.493. The van der Waals surface area contributed by atoms with Crippen LogP contribution in [-0.2, 0) is 4.79 Å². The fourth-order valence-electron chi connectivity index (χ4n) is 2.19. The Morgan fingerprint density at radius 2 is 2.28 bits per heavy atom. The van der Waals surface area contributed by atoms with Crippen LogP contribution in [0.5, 0.6) is 0 Å². The number of hydrogen-bond donors (Lipinski definition) is 1. The number of thioether (sulfide) groups is 1. The van der Waals surface area contributed by atoms with Crippen LogP contribution >= 0.6 is 23.4 Å². The number of amidine groups is 1. The second-order valence-electron chi connectivity index (χ2n) is 5.35. The van der Waals surface area contributed by atoms with E-state index in [-0.39, 0.29) is 18.1 Å². The van der Waals surface area contributed by atoms with Gasteiger partial charge in [0.15, 0.2) is 11.0 Å². The van der Waals surface area contributed by atoms with Gasteiger partial charge < -0.3 is 9.73 Å². The number of rotatable bonds is 5. The molecule has 2 aromatic rings. The number of aryl methyl sites for hydroxylation is 1. The monoisotopic (exact) mass is 375 g/mol. The third kappa shape index (κ3) is 4.37. The molecule has 1 amide bonds. The molecule has 25 heavy (non-hydrogen) atoms. The van der Waals surface area contributed by atoms with Crippen LogP contribution < -0.4 is 5.32 Å². The van der Waals surface area contributed by atoms with Gasteiger partial charge in [-0.25, -0.2) is 0 Å². The molecule has 8 heteroatoms.